The van der Waals surface area contributed by atoms with Crippen molar-refractivity contribution in [2.24, 2.45) is 11.8 Å². The van der Waals surface area contributed by atoms with Gasteiger partial charge in [-0.15, -0.1) is 6.58 Å². The number of aliphatic hydroxyl groups is 1. The first-order valence-electron chi connectivity index (χ1n) is 4.39. The highest BCUT2D eigenvalue weighted by Gasteiger charge is 2.35. The lowest BCUT2D eigenvalue weighted by Gasteiger charge is -2.29. The van der Waals surface area contributed by atoms with E-state index in [1.807, 2.05) is 13.8 Å². The number of rotatable bonds is 5. The van der Waals surface area contributed by atoms with E-state index in [1.165, 1.54) is 13.0 Å². The lowest BCUT2D eigenvalue weighted by molar-refractivity contribution is -0.148. The van der Waals surface area contributed by atoms with Gasteiger partial charge in [0.2, 0.25) is 0 Å². The van der Waals surface area contributed by atoms with E-state index in [9.17, 15) is 9.90 Å². The Hall–Kier alpha value is -0.830. The minimum atomic E-state index is -1.21. The molecule has 3 heteroatoms. The molecular weight excluding hydrogens is 168 g/mol. The molecule has 0 aromatic carbocycles. The maximum atomic E-state index is 10.7. The predicted molar refractivity (Wildman–Crippen MR) is 51.4 cm³/mol. The monoisotopic (exact) mass is 186 g/mol. The molecule has 3 nitrogen and oxygen atoms in total. The van der Waals surface area contributed by atoms with Crippen LogP contribution in [0, 0.1) is 11.8 Å². The Morgan fingerprint density at radius 1 is 1.62 bits per heavy atom. The minimum absolute atomic E-state index is 0.261. The van der Waals surface area contributed by atoms with Crippen LogP contribution in [0.3, 0.4) is 0 Å². The number of carboxylic acid groups (broad SMARTS) is 1. The molecule has 13 heavy (non-hydrogen) atoms. The lowest BCUT2D eigenvalue weighted by atomic mass is 9.82. The molecule has 2 N–H and O–H groups in total. The van der Waals surface area contributed by atoms with Crippen LogP contribution in [0.5, 0.6) is 0 Å². The van der Waals surface area contributed by atoms with Crippen LogP contribution in [0.15, 0.2) is 12.7 Å². The Balaban J connectivity index is 4.56. The molecule has 76 valence electrons. The Bertz CT molecular complexity index is 194. The number of carboxylic acids is 1. The second-order valence-electron chi connectivity index (χ2n) is 4.01. The number of aliphatic carboxylic acids is 1. The third-order valence-corrected chi connectivity index (χ3v) is 1.99. The van der Waals surface area contributed by atoms with Crippen LogP contribution < -0.4 is 0 Å². The highest BCUT2D eigenvalue weighted by atomic mass is 16.4. The molecule has 0 spiro atoms. The summed E-state index contributed by atoms with van der Waals surface area (Å²) in [5.41, 5.74) is -1.21. The molecule has 2 atom stereocenters. The third kappa shape index (κ3) is 3.59. The van der Waals surface area contributed by atoms with Gasteiger partial charge in [0.15, 0.2) is 0 Å². The second-order valence-corrected chi connectivity index (χ2v) is 4.01. The fourth-order valence-electron chi connectivity index (χ4n) is 1.57. The zero-order valence-electron chi connectivity index (χ0n) is 8.45. The average Bonchev–Trinajstić information content (AvgIpc) is 1.82. The van der Waals surface area contributed by atoms with E-state index in [-0.39, 0.29) is 5.92 Å². The van der Waals surface area contributed by atoms with Gasteiger partial charge in [0.1, 0.15) is 5.92 Å². The summed E-state index contributed by atoms with van der Waals surface area (Å²) in [6.07, 6.45) is 1.74. The van der Waals surface area contributed by atoms with Gasteiger partial charge in [-0.05, 0) is 19.3 Å². The molecular formula is C10H18O3. The smallest absolute Gasteiger partial charge is 0.313 e. The molecule has 0 unspecified atom stereocenters. The van der Waals surface area contributed by atoms with E-state index in [4.69, 9.17) is 5.11 Å². The molecule has 0 amide bonds. The Labute approximate surface area is 79.1 Å². The van der Waals surface area contributed by atoms with Crippen molar-refractivity contribution in [3.05, 3.63) is 12.7 Å². The van der Waals surface area contributed by atoms with Gasteiger partial charge in [-0.1, -0.05) is 19.9 Å². The van der Waals surface area contributed by atoms with E-state index in [1.54, 1.807) is 0 Å². The van der Waals surface area contributed by atoms with E-state index in [0.29, 0.717) is 6.42 Å². The zero-order valence-corrected chi connectivity index (χ0v) is 8.45. The van der Waals surface area contributed by atoms with E-state index < -0.39 is 17.5 Å². The van der Waals surface area contributed by atoms with Crippen LogP contribution in [-0.2, 0) is 4.79 Å². The van der Waals surface area contributed by atoms with Gasteiger partial charge in [0, 0.05) is 0 Å². The molecule has 0 aromatic rings. The van der Waals surface area contributed by atoms with Gasteiger partial charge in [-0.2, -0.15) is 0 Å². The highest BCUT2D eigenvalue weighted by Crippen LogP contribution is 2.26. The SMILES string of the molecule is C=C[C@@H](C(=O)O)[C@](C)(O)CC(C)C. The normalized spacial score (nSPS) is 17.9. The van der Waals surface area contributed by atoms with Gasteiger partial charge >= 0.3 is 5.97 Å². The Morgan fingerprint density at radius 3 is 2.31 bits per heavy atom. The van der Waals surface area contributed by atoms with Crippen molar-refractivity contribution in [2.75, 3.05) is 0 Å². The molecule has 0 aromatic heterocycles. The van der Waals surface area contributed by atoms with Crippen molar-refractivity contribution in [3.63, 3.8) is 0 Å². The maximum Gasteiger partial charge on any atom is 0.313 e. The first kappa shape index (κ1) is 12.2. The standard InChI is InChI=1S/C10H18O3/c1-5-8(9(11)12)10(4,13)6-7(2)3/h5,7-8,13H,1,6H2,2-4H3,(H,11,12)/t8-,10+/m0/s1. The fraction of sp³-hybridized carbons (Fsp3) is 0.700. The number of hydrogen-bond acceptors (Lipinski definition) is 2. The summed E-state index contributed by atoms with van der Waals surface area (Å²) in [6, 6.07) is 0. The summed E-state index contributed by atoms with van der Waals surface area (Å²) in [5, 5.41) is 18.7. The highest BCUT2D eigenvalue weighted by molar-refractivity contribution is 5.73. The van der Waals surface area contributed by atoms with Crippen LogP contribution >= 0.6 is 0 Å². The summed E-state index contributed by atoms with van der Waals surface area (Å²) >= 11 is 0. The summed E-state index contributed by atoms with van der Waals surface area (Å²) in [7, 11) is 0. The molecule has 0 bridgehead atoms. The van der Waals surface area contributed by atoms with Gasteiger partial charge in [0.05, 0.1) is 5.60 Å². The van der Waals surface area contributed by atoms with Gasteiger partial charge in [-0.25, -0.2) is 0 Å². The lowest BCUT2D eigenvalue weighted by Crippen LogP contribution is -2.39. The number of carbonyl (C=O) groups is 1. The molecule has 0 heterocycles. The Kier molecular flexibility index (Phi) is 4.14. The fourth-order valence-corrected chi connectivity index (χ4v) is 1.57. The maximum absolute atomic E-state index is 10.7. The van der Waals surface area contributed by atoms with Crippen molar-refractivity contribution in [1.82, 2.24) is 0 Å². The molecule has 0 fully saturated rings. The van der Waals surface area contributed by atoms with E-state index >= 15 is 0 Å². The molecule has 0 saturated carbocycles. The summed E-state index contributed by atoms with van der Waals surface area (Å²) in [4.78, 5) is 10.7. The molecule has 0 aliphatic carbocycles. The molecule has 0 aliphatic rings. The van der Waals surface area contributed by atoms with Crippen LogP contribution in [-0.4, -0.2) is 21.8 Å². The third-order valence-electron chi connectivity index (χ3n) is 1.99. The van der Waals surface area contributed by atoms with Crippen LogP contribution in [0.1, 0.15) is 27.2 Å². The van der Waals surface area contributed by atoms with Gasteiger partial charge in [-0.3, -0.25) is 4.79 Å². The van der Waals surface area contributed by atoms with Gasteiger partial charge < -0.3 is 10.2 Å². The zero-order chi connectivity index (χ0) is 10.6. The topological polar surface area (TPSA) is 57.5 Å². The van der Waals surface area contributed by atoms with E-state index in [2.05, 4.69) is 6.58 Å². The molecule has 0 aliphatic heterocycles. The van der Waals surface area contributed by atoms with Gasteiger partial charge in [0.25, 0.3) is 0 Å². The molecule has 0 rings (SSSR count). The molecule has 0 saturated heterocycles. The average molecular weight is 186 g/mol. The largest absolute Gasteiger partial charge is 0.481 e. The first-order valence-corrected chi connectivity index (χ1v) is 4.39. The van der Waals surface area contributed by atoms with Crippen molar-refractivity contribution in [3.8, 4) is 0 Å². The van der Waals surface area contributed by atoms with E-state index in [0.717, 1.165) is 0 Å². The summed E-state index contributed by atoms with van der Waals surface area (Å²) < 4.78 is 0. The van der Waals surface area contributed by atoms with Crippen molar-refractivity contribution in [1.29, 1.82) is 0 Å². The van der Waals surface area contributed by atoms with Crippen LogP contribution in [0.2, 0.25) is 0 Å². The number of hydrogen-bond donors (Lipinski definition) is 2. The van der Waals surface area contributed by atoms with Crippen molar-refractivity contribution >= 4 is 5.97 Å². The van der Waals surface area contributed by atoms with Crippen LogP contribution in [0.4, 0.5) is 0 Å². The predicted octanol–water partition coefficient (Wildman–Crippen LogP) is 1.67. The summed E-state index contributed by atoms with van der Waals surface area (Å²) in [5.74, 6) is -1.66. The van der Waals surface area contributed by atoms with Crippen molar-refractivity contribution in [2.45, 2.75) is 32.8 Å². The summed E-state index contributed by atoms with van der Waals surface area (Å²) in [6.45, 7) is 8.83. The van der Waals surface area contributed by atoms with Crippen LogP contribution in [0.25, 0.3) is 0 Å². The Morgan fingerprint density at radius 2 is 2.08 bits per heavy atom. The van der Waals surface area contributed by atoms with Crippen molar-refractivity contribution < 1.29 is 15.0 Å². The quantitative estimate of drug-likeness (QED) is 0.642. The first-order chi connectivity index (χ1) is 5.81. The minimum Gasteiger partial charge on any atom is -0.481 e. The second kappa shape index (κ2) is 4.42. The molecule has 0 radical (unpaired) electrons.